The molecule has 22 heavy (non-hydrogen) atoms. The number of para-hydroxylation sites is 2. The lowest BCUT2D eigenvalue weighted by atomic mass is 10.2. The molecule has 0 fully saturated rings. The lowest BCUT2D eigenvalue weighted by Gasteiger charge is -2.15. The van der Waals surface area contributed by atoms with E-state index in [2.05, 4.69) is 5.32 Å². The summed E-state index contributed by atoms with van der Waals surface area (Å²) in [5.41, 5.74) is 1.74. The van der Waals surface area contributed by atoms with E-state index < -0.39 is 6.10 Å². The van der Waals surface area contributed by atoms with Crippen LogP contribution in [-0.2, 0) is 9.53 Å². The van der Waals surface area contributed by atoms with Crippen molar-refractivity contribution in [3.63, 3.8) is 0 Å². The van der Waals surface area contributed by atoms with E-state index in [0.717, 1.165) is 11.3 Å². The number of benzene rings is 2. The molecular formula is C18H21NO3. The second-order valence-corrected chi connectivity index (χ2v) is 5.00. The fourth-order valence-corrected chi connectivity index (χ4v) is 2.02. The van der Waals surface area contributed by atoms with Crippen LogP contribution in [0.25, 0.3) is 0 Å². The number of ether oxygens (including phenoxy) is 2. The molecule has 1 N–H and O–H groups in total. The van der Waals surface area contributed by atoms with Gasteiger partial charge in [-0.3, -0.25) is 4.79 Å². The lowest BCUT2D eigenvalue weighted by molar-refractivity contribution is -0.126. The number of carbonyl (C=O) groups is 1. The van der Waals surface area contributed by atoms with Gasteiger partial charge in [0.2, 0.25) is 0 Å². The van der Waals surface area contributed by atoms with Crippen molar-refractivity contribution in [3.8, 4) is 11.5 Å². The highest BCUT2D eigenvalue weighted by atomic mass is 16.5. The monoisotopic (exact) mass is 299 g/mol. The maximum atomic E-state index is 12.1. The SMILES string of the molecule is CCOC(C)C(=O)Nc1ccccc1Oc1cccc(C)c1. The van der Waals surface area contributed by atoms with E-state index >= 15 is 0 Å². The minimum absolute atomic E-state index is 0.192. The molecule has 1 unspecified atom stereocenters. The highest BCUT2D eigenvalue weighted by Gasteiger charge is 2.15. The lowest BCUT2D eigenvalue weighted by Crippen LogP contribution is -2.27. The molecule has 2 aromatic rings. The number of carbonyl (C=O) groups excluding carboxylic acids is 1. The van der Waals surface area contributed by atoms with Crippen molar-refractivity contribution in [2.45, 2.75) is 26.9 Å². The number of hydrogen-bond acceptors (Lipinski definition) is 3. The molecule has 1 amide bonds. The fourth-order valence-electron chi connectivity index (χ4n) is 2.02. The first kappa shape index (κ1) is 16.0. The third kappa shape index (κ3) is 4.33. The van der Waals surface area contributed by atoms with Gasteiger partial charge in [-0.15, -0.1) is 0 Å². The van der Waals surface area contributed by atoms with Gasteiger partial charge in [-0.25, -0.2) is 0 Å². The summed E-state index contributed by atoms with van der Waals surface area (Å²) in [5, 5.41) is 2.84. The highest BCUT2D eigenvalue weighted by Crippen LogP contribution is 2.29. The topological polar surface area (TPSA) is 47.6 Å². The quantitative estimate of drug-likeness (QED) is 0.871. The van der Waals surface area contributed by atoms with Crippen LogP contribution in [0.1, 0.15) is 19.4 Å². The first-order valence-electron chi connectivity index (χ1n) is 7.36. The molecule has 0 aliphatic heterocycles. The van der Waals surface area contributed by atoms with Crippen LogP contribution in [-0.4, -0.2) is 18.6 Å². The van der Waals surface area contributed by atoms with E-state index in [4.69, 9.17) is 9.47 Å². The van der Waals surface area contributed by atoms with Crippen LogP contribution >= 0.6 is 0 Å². The number of rotatable bonds is 6. The number of aryl methyl sites for hydroxylation is 1. The van der Waals surface area contributed by atoms with E-state index in [1.807, 2.05) is 62.4 Å². The Kier molecular flexibility index (Phi) is 5.55. The Morgan fingerprint density at radius 2 is 1.95 bits per heavy atom. The van der Waals surface area contributed by atoms with Crippen LogP contribution in [0, 0.1) is 6.92 Å². The zero-order valence-corrected chi connectivity index (χ0v) is 13.1. The van der Waals surface area contributed by atoms with Crippen LogP contribution < -0.4 is 10.1 Å². The number of anilines is 1. The van der Waals surface area contributed by atoms with Crippen LogP contribution in [0.2, 0.25) is 0 Å². The van der Waals surface area contributed by atoms with Crippen molar-refractivity contribution in [3.05, 3.63) is 54.1 Å². The molecule has 116 valence electrons. The summed E-state index contributed by atoms with van der Waals surface area (Å²) in [6.07, 6.45) is -0.503. The maximum Gasteiger partial charge on any atom is 0.253 e. The summed E-state index contributed by atoms with van der Waals surface area (Å²) < 4.78 is 11.2. The molecule has 2 aromatic carbocycles. The highest BCUT2D eigenvalue weighted by molar-refractivity contribution is 5.95. The molecular weight excluding hydrogens is 278 g/mol. The van der Waals surface area contributed by atoms with Gasteiger partial charge in [-0.2, -0.15) is 0 Å². The first-order chi connectivity index (χ1) is 10.6. The summed E-state index contributed by atoms with van der Waals surface area (Å²) in [6, 6.07) is 15.1. The second-order valence-electron chi connectivity index (χ2n) is 5.00. The van der Waals surface area contributed by atoms with E-state index in [-0.39, 0.29) is 5.91 Å². The van der Waals surface area contributed by atoms with E-state index in [9.17, 15) is 4.79 Å². The van der Waals surface area contributed by atoms with Crippen molar-refractivity contribution in [1.82, 2.24) is 0 Å². The molecule has 0 aliphatic rings. The van der Waals surface area contributed by atoms with Gasteiger partial charge in [0.1, 0.15) is 11.9 Å². The fraction of sp³-hybridized carbons (Fsp3) is 0.278. The number of amides is 1. The molecule has 4 nitrogen and oxygen atoms in total. The van der Waals surface area contributed by atoms with E-state index in [1.54, 1.807) is 6.92 Å². The van der Waals surface area contributed by atoms with Crippen molar-refractivity contribution in [2.24, 2.45) is 0 Å². The van der Waals surface area contributed by atoms with Crippen molar-refractivity contribution in [1.29, 1.82) is 0 Å². The van der Waals surface area contributed by atoms with E-state index in [1.165, 1.54) is 0 Å². The van der Waals surface area contributed by atoms with Crippen molar-refractivity contribution in [2.75, 3.05) is 11.9 Å². The first-order valence-corrected chi connectivity index (χ1v) is 7.36. The normalized spacial score (nSPS) is 11.8. The molecule has 0 aliphatic carbocycles. The molecule has 0 heterocycles. The Bertz CT molecular complexity index is 640. The molecule has 0 spiro atoms. The largest absolute Gasteiger partial charge is 0.455 e. The Labute approximate surface area is 131 Å². The summed E-state index contributed by atoms with van der Waals surface area (Å²) in [7, 11) is 0. The van der Waals surface area contributed by atoms with Crippen LogP contribution in [0.3, 0.4) is 0 Å². The standard InChI is InChI=1S/C18H21NO3/c1-4-21-14(3)18(20)19-16-10-5-6-11-17(16)22-15-9-7-8-13(2)12-15/h5-12,14H,4H2,1-3H3,(H,19,20). The molecule has 4 heteroatoms. The predicted molar refractivity (Wildman–Crippen MR) is 87.4 cm³/mol. The number of nitrogens with one attached hydrogen (secondary N) is 1. The summed E-state index contributed by atoms with van der Waals surface area (Å²) >= 11 is 0. The molecule has 2 rings (SSSR count). The average molecular weight is 299 g/mol. The molecule has 0 aromatic heterocycles. The van der Waals surface area contributed by atoms with Gasteiger partial charge in [0.05, 0.1) is 5.69 Å². The third-order valence-corrected chi connectivity index (χ3v) is 3.15. The van der Waals surface area contributed by atoms with Crippen LogP contribution in [0.15, 0.2) is 48.5 Å². The van der Waals surface area contributed by atoms with Gasteiger partial charge in [-0.05, 0) is 50.6 Å². The molecule has 1 atom stereocenters. The van der Waals surface area contributed by atoms with Gasteiger partial charge in [0, 0.05) is 6.61 Å². The summed E-state index contributed by atoms with van der Waals surface area (Å²) in [5.74, 6) is 1.15. The summed E-state index contributed by atoms with van der Waals surface area (Å²) in [4.78, 5) is 12.1. The van der Waals surface area contributed by atoms with Gasteiger partial charge in [0.15, 0.2) is 5.75 Å². The number of hydrogen-bond donors (Lipinski definition) is 1. The molecule has 0 bridgehead atoms. The van der Waals surface area contributed by atoms with Crippen molar-refractivity contribution >= 4 is 11.6 Å². The Hall–Kier alpha value is -2.33. The van der Waals surface area contributed by atoms with E-state index in [0.29, 0.717) is 18.0 Å². The van der Waals surface area contributed by atoms with Gasteiger partial charge in [0.25, 0.3) is 5.91 Å². The van der Waals surface area contributed by atoms with Gasteiger partial charge in [-0.1, -0.05) is 24.3 Å². The minimum Gasteiger partial charge on any atom is -0.455 e. The molecule has 0 saturated carbocycles. The zero-order valence-electron chi connectivity index (χ0n) is 13.1. The smallest absolute Gasteiger partial charge is 0.253 e. The molecule has 0 radical (unpaired) electrons. The second kappa shape index (κ2) is 7.61. The Morgan fingerprint density at radius 3 is 2.68 bits per heavy atom. The maximum absolute atomic E-state index is 12.1. The minimum atomic E-state index is -0.503. The van der Waals surface area contributed by atoms with Gasteiger partial charge < -0.3 is 14.8 Å². The summed E-state index contributed by atoms with van der Waals surface area (Å²) in [6.45, 7) is 6.09. The van der Waals surface area contributed by atoms with Gasteiger partial charge >= 0.3 is 0 Å². The Balaban J connectivity index is 2.15. The average Bonchev–Trinajstić information content (AvgIpc) is 2.49. The van der Waals surface area contributed by atoms with Crippen LogP contribution in [0.5, 0.6) is 11.5 Å². The predicted octanol–water partition coefficient (Wildman–Crippen LogP) is 4.15. The molecule has 0 saturated heterocycles. The zero-order chi connectivity index (χ0) is 15.9. The Morgan fingerprint density at radius 1 is 1.18 bits per heavy atom. The van der Waals surface area contributed by atoms with Crippen molar-refractivity contribution < 1.29 is 14.3 Å². The third-order valence-electron chi connectivity index (χ3n) is 3.15. The van der Waals surface area contributed by atoms with Crippen LogP contribution in [0.4, 0.5) is 5.69 Å².